The van der Waals surface area contributed by atoms with Crippen LogP contribution in [0.15, 0.2) is 102 Å². The first kappa shape index (κ1) is 58.5. The van der Waals surface area contributed by atoms with Gasteiger partial charge in [-0.3, -0.25) is 15.3 Å². The molecule has 1 aliphatic heterocycles. The van der Waals surface area contributed by atoms with E-state index in [0.29, 0.717) is 95.7 Å². The van der Waals surface area contributed by atoms with Gasteiger partial charge in [-0.05, 0) is 117 Å². The van der Waals surface area contributed by atoms with Crippen molar-refractivity contribution in [2.75, 3.05) is 80.0 Å². The maximum atomic E-state index is 12.1. The third-order valence-corrected chi connectivity index (χ3v) is 17.3. The van der Waals surface area contributed by atoms with Crippen molar-refractivity contribution in [1.29, 1.82) is 0 Å². The Morgan fingerprint density at radius 2 is 0.882 bits per heavy atom. The fourth-order valence-corrected chi connectivity index (χ4v) is 12.2. The lowest BCUT2D eigenvalue weighted by molar-refractivity contribution is 0.205. The Morgan fingerprint density at radius 1 is 0.494 bits per heavy atom. The van der Waals surface area contributed by atoms with Gasteiger partial charge in [0.1, 0.15) is 16.2 Å². The molecule has 24 nitrogen and oxygen atoms in total. The zero-order chi connectivity index (χ0) is 58.1. The molecule has 3 aliphatic carbocycles. The van der Waals surface area contributed by atoms with Crippen molar-refractivity contribution in [2.24, 2.45) is 17.8 Å². The average molecular weight is 1180 g/mol. The molecule has 0 amide bonds. The quantitative estimate of drug-likeness (QED) is 0.0343. The molecular formula is C60H76N18O6S. The minimum atomic E-state index is -3.66. The van der Waals surface area contributed by atoms with E-state index in [0.717, 1.165) is 53.7 Å². The summed E-state index contributed by atoms with van der Waals surface area (Å²) in [6.45, 7) is 5.86. The summed E-state index contributed by atoms with van der Waals surface area (Å²) < 4.78 is 44.8. The van der Waals surface area contributed by atoms with E-state index in [-0.39, 0.29) is 18.0 Å². The van der Waals surface area contributed by atoms with Crippen molar-refractivity contribution in [2.45, 2.75) is 101 Å². The van der Waals surface area contributed by atoms with E-state index in [1.54, 1.807) is 30.7 Å². The van der Waals surface area contributed by atoms with Gasteiger partial charge in [0, 0.05) is 55.5 Å². The molecule has 3 saturated carbocycles. The monoisotopic (exact) mass is 1180 g/mol. The number of aromatic nitrogens is 12. The number of aliphatic hydroxyl groups excluding tert-OH is 1. The number of piperazine rings is 1. The number of anilines is 7. The van der Waals surface area contributed by atoms with E-state index in [1.807, 2.05) is 30.3 Å². The SMILES string of the molecule is O=S(=O)(NCCO)c1ccc(Nc2nc(OCC3CCCCC3)c3cn[nH]c3n2)cc1.c1cc(N2CCNCC2)ccc1Nc1nc(OCC2CCCCC2)c2cn[nH]c2n1.c1ccc(Nc2nc(OCC3CCCCC3)c3cn[nH]c3n2)cc1. The highest BCUT2D eigenvalue weighted by Gasteiger charge is 2.21. The summed E-state index contributed by atoms with van der Waals surface area (Å²) >= 11 is 0. The molecule has 0 unspecified atom stereocenters. The average Bonchev–Trinajstić information content (AvgIpc) is 4.52. The third kappa shape index (κ3) is 16.1. The fourth-order valence-electron chi connectivity index (χ4n) is 11.1. The number of hydrogen-bond acceptors (Lipinski definition) is 20. The number of nitrogens with zero attached hydrogens (tertiary/aromatic N) is 10. The van der Waals surface area contributed by atoms with E-state index >= 15 is 0 Å². The summed E-state index contributed by atoms with van der Waals surface area (Å²) in [5.41, 5.74) is 5.68. The van der Waals surface area contributed by atoms with Gasteiger partial charge in [-0.2, -0.15) is 45.2 Å². The van der Waals surface area contributed by atoms with Crippen LogP contribution in [0.25, 0.3) is 33.1 Å². The lowest BCUT2D eigenvalue weighted by Gasteiger charge is -2.29. The first-order valence-corrected chi connectivity index (χ1v) is 31.4. The molecule has 6 aromatic heterocycles. The van der Waals surface area contributed by atoms with Crippen LogP contribution in [-0.4, -0.2) is 133 Å². The maximum absolute atomic E-state index is 12.1. The van der Waals surface area contributed by atoms with E-state index in [2.05, 4.69) is 116 Å². The largest absolute Gasteiger partial charge is 0.477 e. The van der Waals surface area contributed by atoms with E-state index < -0.39 is 10.0 Å². The second-order valence-electron chi connectivity index (χ2n) is 22.1. The first-order valence-electron chi connectivity index (χ1n) is 29.9. The Bertz CT molecular complexity index is 3620. The highest BCUT2D eigenvalue weighted by Crippen LogP contribution is 2.32. The standard InChI is InChI=1S/C22H29N7O.C20H26N6O4S.C18H21N5O/c1-2-4-16(5-3-1)15-30-21-19-14-24-28-20(19)26-22(27-21)25-17-6-8-18(9-7-17)29-12-10-23-11-13-29;27-11-10-22-31(28,29)16-8-6-15(7-9-16)23-20-24-18-17(12-21-26-18)19(25-20)30-13-14-4-2-1-3-5-14;1-3-7-13(8-4-1)12-24-17-15-11-19-23-16(15)21-18(22-17)20-14-9-5-2-6-10-14/h6-9,14,16,23H,1-5,10-13,15H2,(H2,24,25,26,27,28);6-9,12,14,22,27H,1-5,10-11,13H2,(H2,21,23,24,25,26);2,5-6,9-11,13H,1,3-4,7-8,12H2,(H2,19,20,21,22,23). The Morgan fingerprint density at radius 3 is 1.28 bits per heavy atom. The molecule has 7 heterocycles. The van der Waals surface area contributed by atoms with Gasteiger partial charge in [0.25, 0.3) is 0 Å². The number of aromatic amines is 3. The lowest BCUT2D eigenvalue weighted by Crippen LogP contribution is -2.43. The number of para-hydroxylation sites is 1. The normalized spacial score (nSPS) is 16.3. The van der Waals surface area contributed by atoms with Crippen LogP contribution in [0.1, 0.15) is 96.3 Å². The highest BCUT2D eigenvalue weighted by atomic mass is 32.2. The number of fused-ring (bicyclic) bond motifs is 3. The van der Waals surface area contributed by atoms with Gasteiger partial charge in [0.05, 0.1) is 49.9 Å². The van der Waals surface area contributed by atoms with Crippen LogP contribution in [0.3, 0.4) is 0 Å². The molecule has 1 saturated heterocycles. The topological polar surface area (TPSA) is 309 Å². The van der Waals surface area contributed by atoms with E-state index in [4.69, 9.17) is 19.3 Å². The number of benzene rings is 3. The van der Waals surface area contributed by atoms with Gasteiger partial charge >= 0.3 is 0 Å². The number of ether oxygens (including phenoxy) is 3. The van der Waals surface area contributed by atoms with Crippen molar-refractivity contribution in [3.63, 3.8) is 0 Å². The van der Waals surface area contributed by atoms with E-state index in [1.165, 1.54) is 114 Å². The molecule has 9 aromatic rings. The number of sulfonamides is 1. The Balaban J connectivity index is 0.000000134. The predicted molar refractivity (Wildman–Crippen MR) is 328 cm³/mol. The molecule has 0 radical (unpaired) electrons. The van der Waals surface area contributed by atoms with Gasteiger partial charge < -0.3 is 45.5 Å². The van der Waals surface area contributed by atoms with E-state index in [9.17, 15) is 8.42 Å². The summed E-state index contributed by atoms with van der Waals surface area (Å²) in [5.74, 6) is 4.79. The molecule has 85 heavy (non-hydrogen) atoms. The zero-order valence-corrected chi connectivity index (χ0v) is 48.6. The van der Waals surface area contributed by atoms with Crippen molar-refractivity contribution in [1.82, 2.24) is 70.5 Å². The molecule has 25 heteroatoms. The van der Waals surface area contributed by atoms with Gasteiger partial charge in [0.15, 0.2) is 16.9 Å². The van der Waals surface area contributed by atoms with Crippen molar-refractivity contribution >= 4 is 83.7 Å². The Hall–Kier alpha value is -8.26. The van der Waals surface area contributed by atoms with Gasteiger partial charge in [-0.25, -0.2) is 13.1 Å². The molecule has 4 fully saturated rings. The number of H-pyrrole nitrogens is 3. The summed E-state index contributed by atoms with van der Waals surface area (Å²) in [6.07, 6.45) is 24.1. The van der Waals surface area contributed by atoms with Crippen molar-refractivity contribution in [3.8, 4) is 17.6 Å². The predicted octanol–water partition coefficient (Wildman–Crippen LogP) is 9.85. The maximum Gasteiger partial charge on any atom is 0.240 e. The molecule has 448 valence electrons. The summed E-state index contributed by atoms with van der Waals surface area (Å²) in [7, 11) is -3.66. The van der Waals surface area contributed by atoms with Crippen LogP contribution in [0, 0.1) is 17.8 Å². The summed E-state index contributed by atoms with van der Waals surface area (Å²) in [5, 5.41) is 45.1. The Labute approximate surface area is 494 Å². The van der Waals surface area contributed by atoms with Crippen LogP contribution >= 0.6 is 0 Å². The Kier molecular flexibility index (Phi) is 20.0. The molecule has 0 spiro atoms. The van der Waals surface area contributed by atoms with Crippen LogP contribution in [0.2, 0.25) is 0 Å². The minimum absolute atomic E-state index is 0.0377. The van der Waals surface area contributed by atoms with Crippen molar-refractivity contribution in [3.05, 3.63) is 97.5 Å². The number of hydrogen-bond donors (Lipinski definition) is 9. The molecular weight excluding hydrogens is 1100 g/mol. The third-order valence-electron chi connectivity index (χ3n) is 15.8. The van der Waals surface area contributed by atoms with Crippen LogP contribution < -0.4 is 45.1 Å². The van der Waals surface area contributed by atoms with Gasteiger partial charge in [0.2, 0.25) is 45.5 Å². The van der Waals surface area contributed by atoms with Gasteiger partial charge in [-0.15, -0.1) is 0 Å². The molecule has 0 bridgehead atoms. The molecule has 13 rings (SSSR count). The van der Waals surface area contributed by atoms with Crippen molar-refractivity contribution < 1.29 is 27.7 Å². The smallest absolute Gasteiger partial charge is 0.240 e. The fraction of sp³-hybridized carbons (Fsp3) is 0.450. The highest BCUT2D eigenvalue weighted by molar-refractivity contribution is 7.89. The number of rotatable bonds is 20. The van der Waals surface area contributed by atoms with Crippen LogP contribution in [-0.2, 0) is 10.0 Å². The second-order valence-corrected chi connectivity index (χ2v) is 23.8. The molecule has 0 atom stereocenters. The molecule has 4 aliphatic rings. The van der Waals surface area contributed by atoms with Gasteiger partial charge in [-0.1, -0.05) is 76.0 Å². The number of nitrogens with one attached hydrogen (secondary N) is 8. The first-order chi connectivity index (χ1) is 41.8. The summed E-state index contributed by atoms with van der Waals surface area (Å²) in [6, 6.07) is 24.5. The second kappa shape index (κ2) is 29.0. The molecule has 3 aromatic carbocycles. The summed E-state index contributed by atoms with van der Waals surface area (Å²) in [4.78, 5) is 29.6. The van der Waals surface area contributed by atoms with Crippen LogP contribution in [0.4, 0.5) is 40.6 Å². The minimum Gasteiger partial charge on any atom is -0.477 e. The molecule has 9 N–H and O–H groups in total. The lowest BCUT2D eigenvalue weighted by atomic mass is 9.90. The zero-order valence-electron chi connectivity index (χ0n) is 47.8. The van der Waals surface area contributed by atoms with Crippen LogP contribution in [0.5, 0.6) is 17.6 Å². The number of aliphatic hydroxyl groups is 1.